The molecule has 0 saturated carbocycles. The number of para-hydroxylation sites is 1. The molecule has 0 saturated heterocycles. The van der Waals surface area contributed by atoms with Crippen LogP contribution in [0.2, 0.25) is 0 Å². The molecule has 0 bridgehead atoms. The van der Waals surface area contributed by atoms with Crippen LogP contribution in [0.3, 0.4) is 0 Å². The number of pyridine rings is 1. The smallest absolute Gasteiger partial charge is 0.191 e. The second-order valence-corrected chi connectivity index (χ2v) is 6.53. The van der Waals surface area contributed by atoms with Crippen LogP contribution in [0.4, 0.5) is 5.82 Å². The third kappa shape index (κ3) is 5.09. The van der Waals surface area contributed by atoms with Gasteiger partial charge in [0.15, 0.2) is 5.96 Å². The lowest BCUT2D eigenvalue weighted by Gasteiger charge is -2.17. The largest absolute Gasteiger partial charge is 0.363 e. The van der Waals surface area contributed by atoms with E-state index in [0.29, 0.717) is 12.6 Å². The summed E-state index contributed by atoms with van der Waals surface area (Å²) in [5, 5.41) is 8.04. The van der Waals surface area contributed by atoms with E-state index in [-0.39, 0.29) is 24.0 Å². The van der Waals surface area contributed by atoms with E-state index >= 15 is 0 Å². The fourth-order valence-electron chi connectivity index (χ4n) is 3.00. The van der Waals surface area contributed by atoms with E-state index < -0.39 is 0 Å². The van der Waals surface area contributed by atoms with Crippen LogP contribution in [-0.2, 0) is 6.54 Å². The van der Waals surface area contributed by atoms with Gasteiger partial charge in [-0.3, -0.25) is 0 Å². The second kappa shape index (κ2) is 9.75. The molecule has 3 rings (SSSR count). The lowest BCUT2D eigenvalue weighted by Crippen LogP contribution is -2.42. The number of hydrogen-bond donors (Lipinski definition) is 2. The Balaban J connectivity index is 0.00000243. The molecule has 6 heteroatoms. The molecule has 1 aliphatic carbocycles. The summed E-state index contributed by atoms with van der Waals surface area (Å²) < 4.78 is 0. The van der Waals surface area contributed by atoms with Crippen molar-refractivity contribution in [3.05, 3.63) is 48.0 Å². The fourth-order valence-corrected chi connectivity index (χ4v) is 3.00. The highest BCUT2D eigenvalue weighted by atomic mass is 127. The molecule has 1 heterocycles. The van der Waals surface area contributed by atoms with E-state index in [9.17, 15) is 0 Å². The minimum atomic E-state index is 0. The van der Waals surface area contributed by atoms with Crippen molar-refractivity contribution in [1.29, 1.82) is 0 Å². The molecule has 0 spiro atoms. The number of rotatable bonds is 5. The van der Waals surface area contributed by atoms with Crippen molar-refractivity contribution in [2.24, 2.45) is 4.99 Å². The first kappa shape index (κ1) is 20.5. The van der Waals surface area contributed by atoms with Gasteiger partial charge in [-0.25, -0.2) is 9.98 Å². The van der Waals surface area contributed by atoms with Crippen LogP contribution in [0.15, 0.2) is 47.5 Å². The molecule has 5 nitrogen and oxygen atoms in total. The predicted molar refractivity (Wildman–Crippen MR) is 122 cm³/mol. The summed E-state index contributed by atoms with van der Waals surface area (Å²) in [5.41, 5.74) is 2.20. The van der Waals surface area contributed by atoms with Gasteiger partial charge in [0.1, 0.15) is 5.82 Å². The minimum Gasteiger partial charge on any atom is -0.363 e. The Hall–Kier alpha value is -1.83. The Kier molecular flexibility index (Phi) is 7.68. The van der Waals surface area contributed by atoms with Crippen molar-refractivity contribution in [1.82, 2.24) is 15.6 Å². The van der Waals surface area contributed by atoms with E-state index in [0.717, 1.165) is 42.1 Å². The van der Waals surface area contributed by atoms with Crippen LogP contribution in [0.25, 0.3) is 10.9 Å². The molecule has 0 fully saturated rings. The SMILES string of the molecule is CCNC(=NCc1cc(N(C)C)nc2ccccc12)NC1CC=CC1.I. The minimum absolute atomic E-state index is 0. The molecule has 0 atom stereocenters. The number of nitrogens with zero attached hydrogens (tertiary/aromatic N) is 3. The Bertz CT molecular complexity index is 777. The zero-order valence-electron chi connectivity index (χ0n) is 15.7. The van der Waals surface area contributed by atoms with Gasteiger partial charge in [0.05, 0.1) is 12.1 Å². The number of halogens is 1. The molecular weight excluding hydrogens is 437 g/mol. The van der Waals surface area contributed by atoms with Gasteiger partial charge in [0.2, 0.25) is 0 Å². The van der Waals surface area contributed by atoms with Crippen molar-refractivity contribution in [3.8, 4) is 0 Å². The molecule has 0 radical (unpaired) electrons. The number of benzene rings is 1. The van der Waals surface area contributed by atoms with E-state index in [1.165, 1.54) is 5.56 Å². The number of fused-ring (bicyclic) bond motifs is 1. The van der Waals surface area contributed by atoms with Crippen LogP contribution >= 0.6 is 24.0 Å². The van der Waals surface area contributed by atoms with Crippen molar-refractivity contribution < 1.29 is 0 Å². The van der Waals surface area contributed by atoms with E-state index in [4.69, 9.17) is 9.98 Å². The predicted octanol–water partition coefficient (Wildman–Crippen LogP) is 3.69. The molecular formula is C20H28IN5. The zero-order chi connectivity index (χ0) is 17.6. The van der Waals surface area contributed by atoms with Crippen molar-refractivity contribution in [2.75, 3.05) is 25.5 Å². The molecule has 0 amide bonds. The second-order valence-electron chi connectivity index (χ2n) is 6.53. The highest BCUT2D eigenvalue weighted by Crippen LogP contribution is 2.22. The number of aromatic nitrogens is 1. The molecule has 0 unspecified atom stereocenters. The van der Waals surface area contributed by atoms with E-state index in [2.05, 4.69) is 54.0 Å². The van der Waals surface area contributed by atoms with Crippen LogP contribution in [0, 0.1) is 0 Å². The first-order valence-electron chi connectivity index (χ1n) is 8.93. The third-order valence-electron chi connectivity index (χ3n) is 4.35. The van der Waals surface area contributed by atoms with Crippen LogP contribution < -0.4 is 15.5 Å². The summed E-state index contributed by atoms with van der Waals surface area (Å²) in [6, 6.07) is 10.8. The van der Waals surface area contributed by atoms with Crippen molar-refractivity contribution >= 4 is 46.7 Å². The lowest BCUT2D eigenvalue weighted by atomic mass is 10.1. The standard InChI is InChI=1S/C20H27N5.HI/c1-4-21-20(23-16-9-5-6-10-16)22-14-15-13-19(25(2)3)24-18-12-8-7-11-17(15)18;/h5-8,11-13,16H,4,9-10,14H2,1-3H3,(H2,21,22,23);1H. The molecule has 1 aliphatic rings. The quantitative estimate of drug-likeness (QED) is 0.306. The van der Waals surface area contributed by atoms with Gasteiger partial charge in [-0.2, -0.15) is 0 Å². The van der Waals surface area contributed by atoms with Gasteiger partial charge in [0, 0.05) is 32.1 Å². The summed E-state index contributed by atoms with van der Waals surface area (Å²) in [5.74, 6) is 1.84. The topological polar surface area (TPSA) is 52.6 Å². The Morgan fingerprint density at radius 2 is 1.96 bits per heavy atom. The summed E-state index contributed by atoms with van der Waals surface area (Å²) in [6.45, 7) is 3.57. The van der Waals surface area contributed by atoms with Gasteiger partial charge in [-0.05, 0) is 37.5 Å². The van der Waals surface area contributed by atoms with Gasteiger partial charge < -0.3 is 15.5 Å². The number of hydrogen-bond acceptors (Lipinski definition) is 3. The van der Waals surface area contributed by atoms with Gasteiger partial charge in [-0.15, -0.1) is 24.0 Å². The molecule has 26 heavy (non-hydrogen) atoms. The molecule has 2 N–H and O–H groups in total. The Labute approximate surface area is 173 Å². The van der Waals surface area contributed by atoms with Crippen LogP contribution in [0.5, 0.6) is 0 Å². The maximum Gasteiger partial charge on any atom is 0.191 e. The average molecular weight is 465 g/mol. The molecule has 1 aromatic carbocycles. The Morgan fingerprint density at radius 3 is 2.65 bits per heavy atom. The summed E-state index contributed by atoms with van der Waals surface area (Å²) in [6.07, 6.45) is 6.57. The van der Waals surface area contributed by atoms with Crippen molar-refractivity contribution in [2.45, 2.75) is 32.4 Å². The van der Waals surface area contributed by atoms with Gasteiger partial charge in [0.25, 0.3) is 0 Å². The maximum atomic E-state index is 4.82. The highest BCUT2D eigenvalue weighted by Gasteiger charge is 2.12. The maximum absolute atomic E-state index is 4.82. The third-order valence-corrected chi connectivity index (χ3v) is 4.35. The highest BCUT2D eigenvalue weighted by molar-refractivity contribution is 14.0. The van der Waals surface area contributed by atoms with Crippen LogP contribution in [-0.4, -0.2) is 37.6 Å². The normalized spacial score (nSPS) is 14.3. The van der Waals surface area contributed by atoms with Gasteiger partial charge in [-0.1, -0.05) is 30.4 Å². The number of guanidine groups is 1. The van der Waals surface area contributed by atoms with E-state index in [1.807, 2.05) is 25.1 Å². The fraction of sp³-hybridized carbons (Fsp3) is 0.400. The molecule has 140 valence electrons. The summed E-state index contributed by atoms with van der Waals surface area (Å²) in [7, 11) is 4.03. The summed E-state index contributed by atoms with van der Waals surface area (Å²) >= 11 is 0. The zero-order valence-corrected chi connectivity index (χ0v) is 18.0. The van der Waals surface area contributed by atoms with Crippen molar-refractivity contribution in [3.63, 3.8) is 0 Å². The first-order valence-corrected chi connectivity index (χ1v) is 8.93. The van der Waals surface area contributed by atoms with Gasteiger partial charge >= 0.3 is 0 Å². The number of nitrogens with one attached hydrogen (secondary N) is 2. The average Bonchev–Trinajstić information content (AvgIpc) is 3.12. The van der Waals surface area contributed by atoms with Crippen LogP contribution in [0.1, 0.15) is 25.3 Å². The molecule has 1 aromatic heterocycles. The summed E-state index contributed by atoms with van der Waals surface area (Å²) in [4.78, 5) is 11.6. The molecule has 0 aliphatic heterocycles. The van der Waals surface area contributed by atoms with E-state index in [1.54, 1.807) is 0 Å². The number of anilines is 1. The number of aliphatic imine (C=N–C) groups is 1. The monoisotopic (exact) mass is 465 g/mol. The Morgan fingerprint density at radius 1 is 1.23 bits per heavy atom. The first-order chi connectivity index (χ1) is 12.2. The molecule has 2 aromatic rings. The lowest BCUT2D eigenvalue weighted by molar-refractivity contribution is 0.633.